The summed E-state index contributed by atoms with van der Waals surface area (Å²) in [5.41, 5.74) is 1.08. The molecule has 126 valence electrons. The van der Waals surface area contributed by atoms with Crippen molar-refractivity contribution in [2.75, 3.05) is 13.1 Å². The van der Waals surface area contributed by atoms with Crippen LogP contribution >= 0.6 is 0 Å². The normalized spacial score (nSPS) is 22.3. The average Bonchev–Trinajstić information content (AvgIpc) is 3.26. The maximum Gasteiger partial charge on any atom is 0.242 e. The van der Waals surface area contributed by atoms with E-state index in [1.807, 2.05) is 11.1 Å². The van der Waals surface area contributed by atoms with E-state index in [4.69, 9.17) is 0 Å². The predicted molar refractivity (Wildman–Crippen MR) is 86.6 cm³/mol. The van der Waals surface area contributed by atoms with Crippen LogP contribution in [0, 0.1) is 5.92 Å². The zero-order valence-corrected chi connectivity index (χ0v) is 13.6. The van der Waals surface area contributed by atoms with Gasteiger partial charge in [-0.05, 0) is 37.7 Å². The molecule has 0 bridgehead atoms. The van der Waals surface area contributed by atoms with Gasteiger partial charge in [-0.3, -0.25) is 14.7 Å². The summed E-state index contributed by atoms with van der Waals surface area (Å²) in [6.07, 6.45) is 11.6. The summed E-state index contributed by atoms with van der Waals surface area (Å²) in [6.45, 7) is 1.31. The second-order valence-electron chi connectivity index (χ2n) is 6.67. The number of aromatic nitrogens is 2. The molecule has 1 atom stereocenters. The Labute approximate surface area is 137 Å². The SMILES string of the molecule is O=C(NCCc1cn[nH]c1)C1CCCN1C(=O)C1CCCCC1. The van der Waals surface area contributed by atoms with Crippen molar-refractivity contribution in [3.8, 4) is 0 Å². The molecule has 2 heterocycles. The molecule has 2 N–H and O–H groups in total. The van der Waals surface area contributed by atoms with Crippen LogP contribution in [0.2, 0.25) is 0 Å². The molecule has 1 saturated heterocycles. The minimum absolute atomic E-state index is 0.00449. The van der Waals surface area contributed by atoms with E-state index in [0.717, 1.165) is 57.1 Å². The van der Waals surface area contributed by atoms with Gasteiger partial charge in [0.25, 0.3) is 0 Å². The van der Waals surface area contributed by atoms with Crippen LogP contribution in [0.4, 0.5) is 0 Å². The molecule has 1 unspecified atom stereocenters. The van der Waals surface area contributed by atoms with Crippen molar-refractivity contribution in [2.24, 2.45) is 5.92 Å². The summed E-state index contributed by atoms with van der Waals surface area (Å²) >= 11 is 0. The smallest absolute Gasteiger partial charge is 0.242 e. The number of hydrogen-bond donors (Lipinski definition) is 2. The molecule has 1 aromatic rings. The molecule has 0 spiro atoms. The van der Waals surface area contributed by atoms with Gasteiger partial charge in [0, 0.05) is 25.2 Å². The van der Waals surface area contributed by atoms with Crippen LogP contribution in [0.1, 0.15) is 50.5 Å². The molecule has 1 aliphatic heterocycles. The molecular weight excluding hydrogens is 292 g/mol. The lowest BCUT2D eigenvalue weighted by atomic mass is 9.88. The third-order valence-corrected chi connectivity index (χ3v) is 5.06. The van der Waals surface area contributed by atoms with Crippen LogP contribution in [0.3, 0.4) is 0 Å². The average molecular weight is 318 g/mol. The minimum atomic E-state index is -0.270. The van der Waals surface area contributed by atoms with E-state index in [1.54, 1.807) is 6.20 Å². The van der Waals surface area contributed by atoms with Gasteiger partial charge in [-0.1, -0.05) is 19.3 Å². The largest absolute Gasteiger partial charge is 0.354 e. The zero-order valence-electron chi connectivity index (χ0n) is 13.6. The molecule has 3 rings (SSSR count). The number of likely N-dealkylation sites (tertiary alicyclic amines) is 1. The third kappa shape index (κ3) is 3.92. The van der Waals surface area contributed by atoms with Gasteiger partial charge in [-0.25, -0.2) is 0 Å². The molecule has 1 saturated carbocycles. The lowest BCUT2D eigenvalue weighted by Crippen LogP contribution is -2.48. The second-order valence-corrected chi connectivity index (χ2v) is 6.67. The van der Waals surface area contributed by atoms with Crippen molar-refractivity contribution in [3.05, 3.63) is 18.0 Å². The second kappa shape index (κ2) is 7.62. The minimum Gasteiger partial charge on any atom is -0.354 e. The van der Waals surface area contributed by atoms with Gasteiger partial charge in [-0.2, -0.15) is 5.10 Å². The highest BCUT2D eigenvalue weighted by atomic mass is 16.2. The quantitative estimate of drug-likeness (QED) is 0.866. The number of nitrogens with zero attached hydrogens (tertiary/aromatic N) is 2. The van der Waals surface area contributed by atoms with E-state index in [1.165, 1.54) is 6.42 Å². The van der Waals surface area contributed by atoms with Crippen LogP contribution in [0.15, 0.2) is 12.4 Å². The van der Waals surface area contributed by atoms with Gasteiger partial charge < -0.3 is 10.2 Å². The number of amides is 2. The van der Waals surface area contributed by atoms with E-state index in [2.05, 4.69) is 15.5 Å². The number of aromatic amines is 1. The number of carbonyl (C=O) groups excluding carboxylic acids is 2. The van der Waals surface area contributed by atoms with Gasteiger partial charge in [0.1, 0.15) is 6.04 Å². The van der Waals surface area contributed by atoms with Gasteiger partial charge in [-0.15, -0.1) is 0 Å². The standard InChI is InChI=1S/C17H26N4O2/c22-16(18-9-8-13-11-19-20-12-13)15-7-4-10-21(15)17(23)14-5-2-1-3-6-14/h11-12,14-15H,1-10H2,(H,18,22)(H,19,20). The first-order valence-electron chi connectivity index (χ1n) is 8.81. The van der Waals surface area contributed by atoms with Crippen LogP contribution < -0.4 is 5.32 Å². The van der Waals surface area contributed by atoms with Gasteiger partial charge in [0.05, 0.1) is 6.20 Å². The Morgan fingerprint density at radius 2 is 2.04 bits per heavy atom. The molecule has 2 fully saturated rings. The molecule has 23 heavy (non-hydrogen) atoms. The van der Waals surface area contributed by atoms with E-state index in [9.17, 15) is 9.59 Å². The third-order valence-electron chi connectivity index (χ3n) is 5.06. The Morgan fingerprint density at radius 3 is 2.78 bits per heavy atom. The Bertz CT molecular complexity index is 523. The number of H-pyrrole nitrogens is 1. The molecule has 1 aromatic heterocycles. The maximum atomic E-state index is 12.7. The zero-order chi connectivity index (χ0) is 16.1. The lowest BCUT2D eigenvalue weighted by molar-refractivity contribution is -0.142. The molecule has 6 heteroatoms. The first-order chi connectivity index (χ1) is 11.3. The summed E-state index contributed by atoms with van der Waals surface area (Å²) in [6, 6.07) is -0.270. The number of nitrogens with one attached hydrogen (secondary N) is 2. The summed E-state index contributed by atoms with van der Waals surface area (Å²) in [5.74, 6) is 0.343. The Morgan fingerprint density at radius 1 is 1.22 bits per heavy atom. The fourth-order valence-electron chi connectivity index (χ4n) is 3.75. The molecule has 2 aliphatic rings. The Kier molecular flexibility index (Phi) is 5.31. The summed E-state index contributed by atoms with van der Waals surface area (Å²) in [4.78, 5) is 27.0. The van der Waals surface area contributed by atoms with E-state index in [-0.39, 0.29) is 23.8 Å². The Balaban J connectivity index is 1.50. The van der Waals surface area contributed by atoms with Crippen LogP contribution in [0.25, 0.3) is 0 Å². The number of carbonyl (C=O) groups is 2. The molecule has 2 amide bonds. The van der Waals surface area contributed by atoms with Gasteiger partial charge in [0.15, 0.2) is 0 Å². The maximum absolute atomic E-state index is 12.7. The van der Waals surface area contributed by atoms with Crippen molar-refractivity contribution in [2.45, 2.75) is 57.4 Å². The van der Waals surface area contributed by atoms with E-state index in [0.29, 0.717) is 6.54 Å². The van der Waals surface area contributed by atoms with Crippen molar-refractivity contribution >= 4 is 11.8 Å². The predicted octanol–water partition coefficient (Wildman–Crippen LogP) is 1.64. The van der Waals surface area contributed by atoms with Crippen molar-refractivity contribution in [1.29, 1.82) is 0 Å². The molecule has 6 nitrogen and oxygen atoms in total. The monoisotopic (exact) mass is 318 g/mol. The fourth-order valence-corrected chi connectivity index (χ4v) is 3.75. The van der Waals surface area contributed by atoms with E-state index >= 15 is 0 Å². The van der Waals surface area contributed by atoms with E-state index < -0.39 is 0 Å². The van der Waals surface area contributed by atoms with Gasteiger partial charge in [0.2, 0.25) is 11.8 Å². The molecule has 1 aliphatic carbocycles. The molecule has 0 aromatic carbocycles. The lowest BCUT2D eigenvalue weighted by Gasteiger charge is -2.30. The Hall–Kier alpha value is -1.85. The van der Waals surface area contributed by atoms with Crippen molar-refractivity contribution in [1.82, 2.24) is 20.4 Å². The molecular formula is C17H26N4O2. The first kappa shape index (κ1) is 16.0. The fraction of sp³-hybridized carbons (Fsp3) is 0.706. The van der Waals surface area contributed by atoms with Crippen LogP contribution in [-0.4, -0.2) is 46.0 Å². The highest BCUT2D eigenvalue weighted by molar-refractivity contribution is 5.89. The topological polar surface area (TPSA) is 78.1 Å². The molecule has 0 radical (unpaired) electrons. The highest BCUT2D eigenvalue weighted by Gasteiger charge is 2.37. The summed E-state index contributed by atoms with van der Waals surface area (Å²) in [7, 11) is 0. The van der Waals surface area contributed by atoms with Crippen LogP contribution in [-0.2, 0) is 16.0 Å². The summed E-state index contributed by atoms with van der Waals surface area (Å²) in [5, 5.41) is 9.64. The number of hydrogen-bond acceptors (Lipinski definition) is 3. The highest BCUT2D eigenvalue weighted by Crippen LogP contribution is 2.28. The van der Waals surface area contributed by atoms with Gasteiger partial charge >= 0.3 is 0 Å². The van der Waals surface area contributed by atoms with Crippen LogP contribution in [0.5, 0.6) is 0 Å². The van der Waals surface area contributed by atoms with Crippen molar-refractivity contribution in [3.63, 3.8) is 0 Å². The summed E-state index contributed by atoms with van der Waals surface area (Å²) < 4.78 is 0. The number of rotatable bonds is 5. The first-order valence-corrected chi connectivity index (χ1v) is 8.81. The van der Waals surface area contributed by atoms with Crippen molar-refractivity contribution < 1.29 is 9.59 Å².